The van der Waals surface area contributed by atoms with Crippen LogP contribution in [0.5, 0.6) is 0 Å². The van der Waals surface area contributed by atoms with Crippen molar-refractivity contribution in [1.82, 2.24) is 15.1 Å². The third-order valence-electron chi connectivity index (χ3n) is 6.24. The molecule has 2 aromatic carbocycles. The molecule has 0 saturated carbocycles. The minimum atomic E-state index is -0.611. The summed E-state index contributed by atoms with van der Waals surface area (Å²) in [5.74, 6) is -0.548. The quantitative estimate of drug-likeness (QED) is 0.693. The molecule has 0 spiro atoms. The second-order valence-electron chi connectivity index (χ2n) is 8.44. The number of nitrogens with zero attached hydrogens (tertiary/aromatic N) is 2. The fourth-order valence-electron chi connectivity index (χ4n) is 4.32. The summed E-state index contributed by atoms with van der Waals surface area (Å²) in [6.07, 6.45) is 0.874. The molecule has 0 bridgehead atoms. The fourth-order valence-corrected chi connectivity index (χ4v) is 4.32. The van der Waals surface area contributed by atoms with Crippen molar-refractivity contribution < 1.29 is 14.4 Å². The van der Waals surface area contributed by atoms with Crippen LogP contribution in [-0.4, -0.2) is 60.2 Å². The zero-order chi connectivity index (χ0) is 23.1. The van der Waals surface area contributed by atoms with Crippen LogP contribution in [-0.2, 0) is 14.4 Å². The second kappa shape index (κ2) is 10.9. The molecule has 3 amide bonds. The number of likely N-dealkylation sites (tertiary alicyclic amines) is 1. The molecule has 2 aromatic rings. The highest BCUT2D eigenvalue weighted by atomic mass is 16.2. The van der Waals surface area contributed by atoms with Crippen LogP contribution < -0.4 is 5.32 Å². The molecule has 6 heteroatoms. The number of benzene rings is 2. The second-order valence-corrected chi connectivity index (χ2v) is 8.44. The van der Waals surface area contributed by atoms with Gasteiger partial charge >= 0.3 is 0 Å². The van der Waals surface area contributed by atoms with Gasteiger partial charge in [-0.05, 0) is 31.4 Å². The molecular formula is C26H33N3O3. The summed E-state index contributed by atoms with van der Waals surface area (Å²) in [7, 11) is 1.73. The van der Waals surface area contributed by atoms with Gasteiger partial charge in [-0.1, -0.05) is 60.7 Å². The summed E-state index contributed by atoms with van der Waals surface area (Å²) < 4.78 is 0. The summed E-state index contributed by atoms with van der Waals surface area (Å²) in [5, 5.41) is 2.85. The van der Waals surface area contributed by atoms with Gasteiger partial charge in [-0.25, -0.2) is 0 Å². The highest BCUT2D eigenvalue weighted by molar-refractivity contribution is 5.89. The van der Waals surface area contributed by atoms with Crippen LogP contribution in [0.3, 0.4) is 0 Å². The van der Waals surface area contributed by atoms with E-state index in [9.17, 15) is 14.4 Å². The summed E-state index contributed by atoms with van der Waals surface area (Å²) in [6, 6.07) is 19.5. The van der Waals surface area contributed by atoms with Crippen molar-refractivity contribution in [2.45, 2.75) is 38.6 Å². The van der Waals surface area contributed by atoms with Crippen molar-refractivity contribution in [2.24, 2.45) is 5.92 Å². The van der Waals surface area contributed by atoms with Gasteiger partial charge in [0, 0.05) is 39.0 Å². The van der Waals surface area contributed by atoms with Gasteiger partial charge in [0.15, 0.2) is 0 Å². The van der Waals surface area contributed by atoms with Crippen molar-refractivity contribution in [3.63, 3.8) is 0 Å². The van der Waals surface area contributed by atoms with Crippen LogP contribution in [0, 0.1) is 5.92 Å². The lowest BCUT2D eigenvalue weighted by atomic mass is 9.89. The molecule has 0 aliphatic carbocycles. The number of piperidine rings is 1. The molecule has 0 radical (unpaired) electrons. The Hall–Kier alpha value is -3.15. The molecule has 2 atom stereocenters. The topological polar surface area (TPSA) is 69.7 Å². The number of hydrogen-bond donors (Lipinski definition) is 1. The third-order valence-corrected chi connectivity index (χ3v) is 6.24. The Morgan fingerprint density at radius 2 is 1.62 bits per heavy atom. The molecule has 1 N–H and O–H groups in total. The van der Waals surface area contributed by atoms with Crippen molar-refractivity contribution in [2.75, 3.05) is 26.7 Å². The summed E-state index contributed by atoms with van der Waals surface area (Å²) >= 11 is 0. The first-order valence-electron chi connectivity index (χ1n) is 11.3. The number of amides is 3. The molecule has 32 heavy (non-hydrogen) atoms. The maximum Gasteiger partial charge on any atom is 0.242 e. The van der Waals surface area contributed by atoms with E-state index in [2.05, 4.69) is 29.6 Å². The molecule has 3 rings (SSSR count). The lowest BCUT2D eigenvalue weighted by molar-refractivity contribution is -0.147. The summed E-state index contributed by atoms with van der Waals surface area (Å²) in [4.78, 5) is 41.8. The standard InChI is InChI=1S/C26H33N3O3/c1-4-27-25(31)19(2)29(26(32)22-15-16-24(30)28(3)17-22)18-23(20-11-7-5-8-12-20)21-13-9-6-10-14-21/h5-14,19,22-23H,4,15-18H2,1-3H3,(H,27,31). The highest BCUT2D eigenvalue weighted by Gasteiger charge is 2.36. The van der Waals surface area contributed by atoms with Crippen molar-refractivity contribution in [3.8, 4) is 0 Å². The van der Waals surface area contributed by atoms with Gasteiger partial charge in [0.05, 0.1) is 5.92 Å². The molecule has 170 valence electrons. The van der Waals surface area contributed by atoms with E-state index in [0.717, 1.165) is 11.1 Å². The number of nitrogens with one attached hydrogen (secondary N) is 1. The molecule has 1 fully saturated rings. The highest BCUT2D eigenvalue weighted by Crippen LogP contribution is 2.28. The smallest absolute Gasteiger partial charge is 0.242 e. The van der Waals surface area contributed by atoms with Gasteiger partial charge in [-0.2, -0.15) is 0 Å². The minimum absolute atomic E-state index is 0.0591. The first kappa shape index (κ1) is 23.5. The first-order valence-corrected chi connectivity index (χ1v) is 11.3. The Labute approximate surface area is 190 Å². The Morgan fingerprint density at radius 3 is 2.12 bits per heavy atom. The van der Waals surface area contributed by atoms with Crippen LogP contribution >= 0.6 is 0 Å². The van der Waals surface area contributed by atoms with E-state index in [0.29, 0.717) is 32.5 Å². The van der Waals surface area contributed by atoms with E-state index in [1.807, 2.05) is 43.3 Å². The van der Waals surface area contributed by atoms with Crippen LogP contribution in [0.25, 0.3) is 0 Å². The molecule has 1 aliphatic rings. The first-order chi connectivity index (χ1) is 15.4. The number of rotatable bonds is 8. The lowest BCUT2D eigenvalue weighted by Gasteiger charge is -2.37. The average molecular weight is 436 g/mol. The maximum absolute atomic E-state index is 13.7. The summed E-state index contributed by atoms with van der Waals surface area (Å²) in [6.45, 7) is 4.94. The van der Waals surface area contributed by atoms with Crippen molar-refractivity contribution in [1.29, 1.82) is 0 Å². The van der Waals surface area contributed by atoms with Gasteiger partial charge in [-0.15, -0.1) is 0 Å². The molecule has 1 aliphatic heterocycles. The fraction of sp³-hybridized carbons (Fsp3) is 0.423. The zero-order valence-electron chi connectivity index (χ0n) is 19.2. The lowest BCUT2D eigenvalue weighted by Crippen LogP contribution is -2.53. The van der Waals surface area contributed by atoms with Gasteiger partial charge in [0.2, 0.25) is 17.7 Å². The van der Waals surface area contributed by atoms with E-state index in [1.54, 1.807) is 23.8 Å². The van der Waals surface area contributed by atoms with E-state index in [1.165, 1.54) is 0 Å². The molecule has 2 unspecified atom stereocenters. The largest absolute Gasteiger partial charge is 0.355 e. The van der Waals surface area contributed by atoms with Crippen LogP contribution in [0.2, 0.25) is 0 Å². The van der Waals surface area contributed by atoms with Gasteiger partial charge < -0.3 is 15.1 Å². The number of carbonyl (C=O) groups excluding carboxylic acids is 3. The molecule has 6 nitrogen and oxygen atoms in total. The summed E-state index contributed by atoms with van der Waals surface area (Å²) in [5.41, 5.74) is 2.19. The van der Waals surface area contributed by atoms with E-state index in [-0.39, 0.29) is 29.6 Å². The normalized spacial score (nSPS) is 17.2. The van der Waals surface area contributed by atoms with Crippen molar-refractivity contribution in [3.05, 3.63) is 71.8 Å². The molecule has 1 heterocycles. The Bertz CT molecular complexity index is 877. The van der Waals surface area contributed by atoms with E-state index >= 15 is 0 Å². The average Bonchev–Trinajstić information content (AvgIpc) is 2.82. The SMILES string of the molecule is CCNC(=O)C(C)N(CC(c1ccccc1)c1ccccc1)C(=O)C1CCC(=O)N(C)C1. The number of hydrogen-bond acceptors (Lipinski definition) is 3. The monoisotopic (exact) mass is 435 g/mol. The molecular weight excluding hydrogens is 402 g/mol. The molecule has 0 aromatic heterocycles. The van der Waals surface area contributed by atoms with Gasteiger partial charge in [0.25, 0.3) is 0 Å². The zero-order valence-corrected chi connectivity index (χ0v) is 19.2. The van der Waals surface area contributed by atoms with E-state index in [4.69, 9.17) is 0 Å². The maximum atomic E-state index is 13.7. The predicted octanol–water partition coefficient (Wildman–Crippen LogP) is 3.04. The van der Waals surface area contributed by atoms with Crippen LogP contribution in [0.4, 0.5) is 0 Å². The number of carbonyl (C=O) groups is 3. The number of likely N-dealkylation sites (N-methyl/N-ethyl adjacent to an activating group) is 1. The Kier molecular flexibility index (Phi) is 8.03. The van der Waals surface area contributed by atoms with Crippen LogP contribution in [0.15, 0.2) is 60.7 Å². The molecule has 1 saturated heterocycles. The van der Waals surface area contributed by atoms with Gasteiger partial charge in [0.1, 0.15) is 6.04 Å². The van der Waals surface area contributed by atoms with Gasteiger partial charge in [-0.3, -0.25) is 14.4 Å². The van der Waals surface area contributed by atoms with E-state index < -0.39 is 6.04 Å². The van der Waals surface area contributed by atoms with Crippen LogP contribution in [0.1, 0.15) is 43.7 Å². The minimum Gasteiger partial charge on any atom is -0.355 e. The van der Waals surface area contributed by atoms with Crippen molar-refractivity contribution >= 4 is 17.7 Å². The predicted molar refractivity (Wildman–Crippen MR) is 125 cm³/mol. The third kappa shape index (κ3) is 5.55. The Balaban J connectivity index is 1.94. The Morgan fingerprint density at radius 1 is 1.06 bits per heavy atom.